The number of fused-ring (bicyclic) bond motifs is 2. The molecule has 4 atom stereocenters. The second-order valence-electron chi connectivity index (χ2n) is 10.9. The van der Waals surface area contributed by atoms with Crippen molar-refractivity contribution >= 4 is 34.2 Å². The van der Waals surface area contributed by atoms with E-state index in [9.17, 15) is 71.5 Å². The van der Waals surface area contributed by atoms with Crippen molar-refractivity contribution in [3.05, 3.63) is 42.5 Å². The monoisotopic (exact) mass is 690 g/mol. The molecule has 0 aliphatic carbocycles. The Morgan fingerprint density at radius 2 is 1.20 bits per heavy atom. The third-order valence-electron chi connectivity index (χ3n) is 8.41. The van der Waals surface area contributed by atoms with Crippen LogP contribution in [0.1, 0.15) is 0 Å². The summed E-state index contributed by atoms with van der Waals surface area (Å²) in [5.41, 5.74) is -0.185. The highest BCUT2D eigenvalue weighted by molar-refractivity contribution is 6.22. The number of benzene rings is 2. The molecule has 3 fully saturated rings. The molecule has 2 aromatic rings. The molecule has 6 nitrogen and oxygen atoms in total. The predicted octanol–water partition coefficient (Wildman–Crippen LogP) is 6.09. The lowest BCUT2D eigenvalue weighted by Crippen LogP contribution is -2.75. The average molecular weight is 690 g/mol. The lowest BCUT2D eigenvalue weighted by atomic mass is 9.87. The van der Waals surface area contributed by atoms with Crippen LogP contribution < -0.4 is 4.90 Å². The van der Waals surface area contributed by atoms with Crippen LogP contribution in [0.2, 0.25) is 0 Å². The van der Waals surface area contributed by atoms with Crippen LogP contribution in [0.5, 0.6) is 0 Å². The Morgan fingerprint density at radius 3 is 1.78 bits per heavy atom. The predicted molar refractivity (Wildman–Crippen MR) is 122 cm³/mol. The maximum Gasteiger partial charge on any atom is 0.460 e. The molecule has 252 valence electrons. The standard InChI is InChI=1S/C25H15F15N3O3/c26-19(27,20(28,29)21(30,31)22(32,33)23(34,35)24(36,37)25(38,39)40)16(44)14-8-41-9-15-17(45)42(18(46)43(14,15)10-41)13-7-3-5-11-4-1-2-6-12(11)13/h1-7,14-15H,8-10H2/q+1. The van der Waals surface area contributed by atoms with Gasteiger partial charge in [-0.2, -0.15) is 70.8 Å². The van der Waals surface area contributed by atoms with Gasteiger partial charge < -0.3 is 0 Å². The maximum atomic E-state index is 15.0. The number of rotatable bonds is 8. The summed E-state index contributed by atoms with van der Waals surface area (Å²) in [5, 5.41) is 0.630. The molecule has 21 heteroatoms. The smallest absolute Gasteiger partial charge is 0.286 e. The number of hydrogen-bond acceptors (Lipinski definition) is 4. The van der Waals surface area contributed by atoms with Crippen LogP contribution >= 0.6 is 0 Å². The van der Waals surface area contributed by atoms with E-state index in [1.807, 2.05) is 0 Å². The maximum absolute atomic E-state index is 15.0. The zero-order valence-electron chi connectivity index (χ0n) is 22.1. The summed E-state index contributed by atoms with van der Waals surface area (Å²) in [4.78, 5) is 41.3. The number of nitrogens with zero attached hydrogens (tertiary/aromatic N) is 3. The summed E-state index contributed by atoms with van der Waals surface area (Å²) in [5.74, 6) is -53.6. The number of alkyl halides is 15. The van der Waals surface area contributed by atoms with Crippen LogP contribution in [0.15, 0.2) is 42.5 Å². The molecule has 2 aromatic carbocycles. The topological polar surface area (TPSA) is 57.7 Å². The molecule has 3 heterocycles. The lowest BCUT2D eigenvalue weighted by Gasteiger charge is -2.42. The van der Waals surface area contributed by atoms with Crippen LogP contribution in [0.25, 0.3) is 10.8 Å². The van der Waals surface area contributed by atoms with E-state index in [0.29, 0.717) is 10.3 Å². The van der Waals surface area contributed by atoms with Gasteiger partial charge in [-0.15, -0.1) is 0 Å². The Labute approximate surface area is 245 Å². The van der Waals surface area contributed by atoms with Gasteiger partial charge >= 0.3 is 47.7 Å². The molecular formula is C25H15F15N3O3+. The molecule has 3 amide bonds. The van der Waals surface area contributed by atoms with Gasteiger partial charge in [-0.05, 0) is 11.5 Å². The molecule has 5 rings (SSSR count). The number of halogens is 15. The molecule has 0 aromatic heterocycles. The quantitative estimate of drug-likeness (QED) is 0.191. The summed E-state index contributed by atoms with van der Waals surface area (Å²) in [7, 11) is 0. The van der Waals surface area contributed by atoms with Crippen molar-refractivity contribution < 1.29 is 84.7 Å². The molecule has 0 radical (unpaired) electrons. The van der Waals surface area contributed by atoms with Crippen LogP contribution in [0, 0.1) is 0 Å². The van der Waals surface area contributed by atoms with Gasteiger partial charge in [0.2, 0.25) is 0 Å². The highest BCUT2D eigenvalue weighted by atomic mass is 19.4. The number of quaternary nitrogens is 1. The first kappa shape index (κ1) is 33.7. The van der Waals surface area contributed by atoms with Crippen molar-refractivity contribution in [1.82, 2.24) is 4.90 Å². The Balaban J connectivity index is 1.55. The summed E-state index contributed by atoms with van der Waals surface area (Å²) >= 11 is 0. The van der Waals surface area contributed by atoms with Crippen LogP contribution in [0.3, 0.4) is 0 Å². The highest BCUT2D eigenvalue weighted by Gasteiger charge is 2.94. The van der Waals surface area contributed by atoms with Crippen molar-refractivity contribution in [3.63, 3.8) is 0 Å². The van der Waals surface area contributed by atoms with Gasteiger partial charge in [-0.1, -0.05) is 36.4 Å². The molecule has 3 aliphatic rings. The lowest BCUT2D eigenvalue weighted by molar-refractivity contribution is -0.853. The Morgan fingerprint density at radius 1 is 0.674 bits per heavy atom. The van der Waals surface area contributed by atoms with Gasteiger partial charge in [0.05, 0.1) is 18.8 Å². The summed E-state index contributed by atoms with van der Waals surface area (Å²) in [6.07, 6.45) is -7.77. The van der Waals surface area contributed by atoms with Crippen LogP contribution in [-0.4, -0.2) is 101 Å². The number of carbonyl (C=O) groups is 3. The van der Waals surface area contributed by atoms with Crippen molar-refractivity contribution in [1.29, 1.82) is 0 Å². The first-order valence-electron chi connectivity index (χ1n) is 12.6. The number of imide groups is 1. The first-order chi connectivity index (χ1) is 20.7. The second-order valence-corrected chi connectivity index (χ2v) is 10.9. The van der Waals surface area contributed by atoms with Gasteiger partial charge in [-0.3, -0.25) is 9.59 Å². The van der Waals surface area contributed by atoms with E-state index < -0.39 is 95.8 Å². The number of anilines is 1. The van der Waals surface area contributed by atoms with E-state index in [-0.39, 0.29) is 11.1 Å². The summed E-state index contributed by atoms with van der Waals surface area (Å²) < 4.78 is 205. The van der Waals surface area contributed by atoms with Gasteiger partial charge in [0.1, 0.15) is 6.67 Å². The number of ketones is 1. The average Bonchev–Trinajstić information content (AvgIpc) is 3.59. The van der Waals surface area contributed by atoms with Gasteiger partial charge in [-0.25, -0.2) is 14.2 Å². The Bertz CT molecular complexity index is 1640. The zero-order valence-corrected chi connectivity index (χ0v) is 22.1. The first-order valence-corrected chi connectivity index (χ1v) is 12.6. The highest BCUT2D eigenvalue weighted by Crippen LogP contribution is 2.63. The van der Waals surface area contributed by atoms with Crippen molar-refractivity contribution in [3.8, 4) is 0 Å². The third-order valence-corrected chi connectivity index (χ3v) is 8.41. The fraction of sp³-hybridized carbons (Fsp3) is 0.480. The minimum atomic E-state index is -8.57. The van der Waals surface area contributed by atoms with E-state index in [1.165, 1.54) is 36.4 Å². The van der Waals surface area contributed by atoms with E-state index >= 15 is 8.78 Å². The summed E-state index contributed by atoms with van der Waals surface area (Å²) in [6.45, 7) is -2.49. The molecule has 3 aliphatic heterocycles. The Kier molecular flexibility index (Phi) is 6.95. The zero-order chi connectivity index (χ0) is 34.8. The number of carbonyl (C=O) groups excluding carboxylic acids is 3. The van der Waals surface area contributed by atoms with Gasteiger partial charge in [0.15, 0.2) is 12.1 Å². The molecular weight excluding hydrogens is 675 g/mol. The van der Waals surface area contributed by atoms with Crippen molar-refractivity contribution in [2.24, 2.45) is 0 Å². The van der Waals surface area contributed by atoms with E-state index in [1.54, 1.807) is 6.07 Å². The fourth-order valence-electron chi connectivity index (χ4n) is 6.00. The number of hydrogen-bond donors (Lipinski definition) is 0. The number of Topliss-reactive ketones (excluding diaryl/α,β-unsaturated/α-hetero) is 1. The number of piperazine rings is 1. The van der Waals surface area contributed by atoms with Crippen molar-refractivity contribution in [2.75, 3.05) is 24.7 Å². The third kappa shape index (κ3) is 3.80. The van der Waals surface area contributed by atoms with Gasteiger partial charge in [0, 0.05) is 5.39 Å². The van der Waals surface area contributed by atoms with E-state index in [4.69, 9.17) is 0 Å². The SMILES string of the molecule is O=C1C2CN3CC(C(=O)C(F)(F)C(F)(F)C(F)(F)C(F)(F)C(F)(F)C(F)(F)C(F)(F)F)[N+]2(C3)C(=O)N1c1cccc2ccccc12. The molecule has 1 spiro atoms. The number of amides is 3. The van der Waals surface area contributed by atoms with Crippen molar-refractivity contribution in [2.45, 2.75) is 53.8 Å². The largest absolute Gasteiger partial charge is 0.460 e. The van der Waals surface area contributed by atoms with E-state index in [2.05, 4.69) is 0 Å². The van der Waals surface area contributed by atoms with E-state index in [0.717, 1.165) is 4.90 Å². The number of urea groups is 1. The summed E-state index contributed by atoms with van der Waals surface area (Å²) in [6, 6.07) is 3.74. The molecule has 2 bridgehead atoms. The minimum Gasteiger partial charge on any atom is -0.286 e. The molecule has 3 saturated heterocycles. The molecule has 4 unspecified atom stereocenters. The van der Waals surface area contributed by atoms with Crippen LogP contribution in [-0.2, 0) is 9.59 Å². The second kappa shape index (κ2) is 9.48. The molecule has 46 heavy (non-hydrogen) atoms. The Hall–Kier alpha value is -3.62. The van der Waals surface area contributed by atoms with Crippen LogP contribution in [0.4, 0.5) is 76.3 Å². The fourth-order valence-corrected chi connectivity index (χ4v) is 6.00. The molecule has 0 saturated carbocycles. The normalized spacial score (nSPS) is 26.3. The minimum absolute atomic E-state index is 0.185. The van der Waals surface area contributed by atoms with Gasteiger partial charge in [0.25, 0.3) is 11.7 Å². The molecule has 0 N–H and O–H groups in total.